The Kier molecular flexibility index (Phi) is 3.41. The molecular weight excluding hydrogens is 308 g/mol. The van der Waals surface area contributed by atoms with Gasteiger partial charge in [0, 0.05) is 17.3 Å². The first-order valence-corrected chi connectivity index (χ1v) is 7.92. The van der Waals surface area contributed by atoms with Crippen LogP contribution in [0.3, 0.4) is 0 Å². The fourth-order valence-electron chi connectivity index (χ4n) is 3.13. The smallest absolute Gasteiger partial charge is 0.329 e. The molecule has 1 aliphatic heterocycles. The highest BCUT2D eigenvalue weighted by Crippen LogP contribution is 2.28. The average Bonchev–Trinajstić information content (AvgIpc) is 3.20. The van der Waals surface area contributed by atoms with Crippen molar-refractivity contribution in [2.24, 2.45) is 0 Å². The Bertz CT molecular complexity index is 975. The highest BCUT2D eigenvalue weighted by atomic mass is 16.5. The molecule has 0 saturated heterocycles. The van der Waals surface area contributed by atoms with Crippen LogP contribution in [0.4, 0.5) is 0 Å². The third-order valence-corrected chi connectivity index (χ3v) is 4.19. The molecule has 0 aliphatic carbocycles. The Morgan fingerprint density at radius 1 is 1.33 bits per heavy atom. The minimum atomic E-state index is -0.462. The maximum absolute atomic E-state index is 12.3. The summed E-state index contributed by atoms with van der Waals surface area (Å²) >= 11 is 0. The van der Waals surface area contributed by atoms with Crippen molar-refractivity contribution in [3.05, 3.63) is 52.4 Å². The summed E-state index contributed by atoms with van der Waals surface area (Å²) in [6, 6.07) is 10.5. The number of hydrogen-bond donors (Lipinski definition) is 0. The number of ether oxygens (including phenoxy) is 1. The number of aromatic nitrogens is 4. The van der Waals surface area contributed by atoms with E-state index in [4.69, 9.17) is 4.74 Å². The highest BCUT2D eigenvalue weighted by molar-refractivity contribution is 5.76. The number of hydrogen-bond acceptors (Lipinski definition) is 5. The van der Waals surface area contributed by atoms with E-state index in [1.54, 1.807) is 11.5 Å². The van der Waals surface area contributed by atoms with Crippen molar-refractivity contribution < 1.29 is 9.53 Å². The second-order valence-electron chi connectivity index (χ2n) is 5.66. The summed E-state index contributed by atoms with van der Waals surface area (Å²) < 4.78 is 8.19. The minimum Gasteiger partial charge on any atom is -0.464 e. The second kappa shape index (κ2) is 5.59. The average molecular weight is 324 g/mol. The lowest BCUT2D eigenvalue weighted by molar-refractivity contribution is -0.146. The Labute approximate surface area is 137 Å². The fourth-order valence-corrected chi connectivity index (χ4v) is 3.13. The Hall–Kier alpha value is -2.96. The molecule has 0 radical (unpaired) electrons. The van der Waals surface area contributed by atoms with Gasteiger partial charge in [-0.25, -0.2) is 4.79 Å². The van der Waals surface area contributed by atoms with Crippen LogP contribution in [-0.2, 0) is 16.0 Å². The summed E-state index contributed by atoms with van der Waals surface area (Å²) in [6.07, 6.45) is 1.24. The van der Waals surface area contributed by atoms with Gasteiger partial charge in [0.2, 0.25) is 5.78 Å². The lowest BCUT2D eigenvalue weighted by Crippen LogP contribution is -2.24. The number of esters is 1. The molecule has 3 heterocycles. The van der Waals surface area contributed by atoms with Crippen LogP contribution in [0, 0.1) is 0 Å². The standard InChI is InChI=1S/C17H16N4O3/c1-2-24-16(23)13-9-8-12-10-14(22)21-17(20(12)13)18-15(19-21)11-6-4-3-5-7-11/h3-7,10,13H,2,8-9H2,1H3/t13-/m1/s1. The van der Waals surface area contributed by atoms with E-state index in [1.165, 1.54) is 10.6 Å². The predicted molar refractivity (Wildman–Crippen MR) is 86.7 cm³/mol. The molecule has 4 rings (SSSR count). The Morgan fingerprint density at radius 2 is 2.12 bits per heavy atom. The van der Waals surface area contributed by atoms with Crippen molar-refractivity contribution in [3.8, 4) is 11.4 Å². The van der Waals surface area contributed by atoms with E-state index >= 15 is 0 Å². The predicted octanol–water partition coefficient (Wildman–Crippen LogP) is 1.61. The summed E-state index contributed by atoms with van der Waals surface area (Å²) in [5.41, 5.74) is 1.37. The molecular formula is C17H16N4O3. The minimum absolute atomic E-state index is 0.240. The van der Waals surface area contributed by atoms with E-state index in [1.807, 2.05) is 30.3 Å². The van der Waals surface area contributed by atoms with Crippen molar-refractivity contribution in [3.63, 3.8) is 0 Å². The monoisotopic (exact) mass is 324 g/mol. The second-order valence-corrected chi connectivity index (χ2v) is 5.66. The van der Waals surface area contributed by atoms with Gasteiger partial charge in [-0.15, -0.1) is 5.10 Å². The van der Waals surface area contributed by atoms with Gasteiger partial charge in [-0.2, -0.15) is 9.50 Å². The van der Waals surface area contributed by atoms with E-state index in [9.17, 15) is 9.59 Å². The molecule has 7 heteroatoms. The lowest BCUT2D eigenvalue weighted by Gasteiger charge is -2.14. The van der Waals surface area contributed by atoms with Gasteiger partial charge in [0.1, 0.15) is 6.04 Å². The van der Waals surface area contributed by atoms with Crippen LogP contribution in [0.25, 0.3) is 17.2 Å². The lowest BCUT2D eigenvalue weighted by atomic mass is 10.2. The number of rotatable bonds is 3. The maximum atomic E-state index is 12.3. The van der Waals surface area contributed by atoms with Gasteiger partial charge >= 0.3 is 5.97 Å². The molecule has 0 fully saturated rings. The SMILES string of the molecule is CCOC(=O)[C@H]1CCc2cc(=O)n3nc(-c4ccccc4)nc3n21. The number of carbonyl (C=O) groups is 1. The van der Waals surface area contributed by atoms with E-state index < -0.39 is 6.04 Å². The highest BCUT2D eigenvalue weighted by Gasteiger charge is 2.32. The molecule has 1 aromatic carbocycles. The van der Waals surface area contributed by atoms with Gasteiger partial charge in [0.25, 0.3) is 5.56 Å². The summed E-state index contributed by atoms with van der Waals surface area (Å²) in [4.78, 5) is 29.1. The number of carbonyl (C=O) groups excluding carboxylic acids is 1. The molecule has 1 atom stereocenters. The van der Waals surface area contributed by atoms with E-state index in [2.05, 4.69) is 10.1 Å². The van der Waals surface area contributed by atoms with Crippen molar-refractivity contribution in [2.45, 2.75) is 25.8 Å². The quantitative estimate of drug-likeness (QED) is 0.684. The van der Waals surface area contributed by atoms with Gasteiger partial charge in [-0.05, 0) is 19.8 Å². The molecule has 1 aliphatic rings. The zero-order valence-electron chi connectivity index (χ0n) is 13.2. The third-order valence-electron chi connectivity index (χ3n) is 4.19. The van der Waals surface area contributed by atoms with E-state index in [0.717, 1.165) is 11.3 Å². The van der Waals surface area contributed by atoms with E-state index in [0.29, 0.717) is 31.1 Å². The van der Waals surface area contributed by atoms with Crippen LogP contribution in [0.1, 0.15) is 25.1 Å². The Balaban J connectivity index is 1.91. The molecule has 0 N–H and O–H groups in total. The first-order valence-electron chi connectivity index (χ1n) is 7.92. The molecule has 2 aromatic heterocycles. The van der Waals surface area contributed by atoms with Crippen molar-refractivity contribution in [2.75, 3.05) is 6.61 Å². The summed E-state index contributed by atoms with van der Waals surface area (Å²) in [5.74, 6) is 0.543. The van der Waals surface area contributed by atoms with Crippen LogP contribution in [-0.4, -0.2) is 31.7 Å². The summed E-state index contributed by atoms with van der Waals surface area (Å²) in [6.45, 7) is 2.10. The summed E-state index contributed by atoms with van der Waals surface area (Å²) in [7, 11) is 0. The van der Waals surface area contributed by atoms with Crippen molar-refractivity contribution in [1.29, 1.82) is 0 Å². The van der Waals surface area contributed by atoms with Crippen LogP contribution in [0.2, 0.25) is 0 Å². The summed E-state index contributed by atoms with van der Waals surface area (Å²) in [5, 5.41) is 4.32. The molecule has 122 valence electrons. The first kappa shape index (κ1) is 14.6. The Morgan fingerprint density at radius 3 is 2.88 bits per heavy atom. The van der Waals surface area contributed by atoms with Crippen LogP contribution >= 0.6 is 0 Å². The normalized spacial score (nSPS) is 16.3. The van der Waals surface area contributed by atoms with Gasteiger partial charge in [0.15, 0.2) is 5.82 Å². The van der Waals surface area contributed by atoms with Crippen LogP contribution < -0.4 is 5.56 Å². The zero-order chi connectivity index (χ0) is 16.7. The van der Waals surface area contributed by atoms with Crippen LogP contribution in [0.5, 0.6) is 0 Å². The molecule has 3 aromatic rings. The number of fused-ring (bicyclic) bond motifs is 3. The van der Waals surface area contributed by atoms with Gasteiger partial charge in [0.05, 0.1) is 6.61 Å². The van der Waals surface area contributed by atoms with Gasteiger partial charge < -0.3 is 4.74 Å². The number of benzene rings is 1. The van der Waals surface area contributed by atoms with E-state index in [-0.39, 0.29) is 11.5 Å². The molecule has 0 bridgehead atoms. The number of aryl methyl sites for hydroxylation is 1. The molecule has 0 spiro atoms. The molecule has 0 amide bonds. The molecule has 7 nitrogen and oxygen atoms in total. The molecule has 0 saturated carbocycles. The molecule has 0 unspecified atom stereocenters. The first-order chi connectivity index (χ1) is 11.7. The van der Waals surface area contributed by atoms with Crippen molar-refractivity contribution in [1.82, 2.24) is 19.2 Å². The van der Waals surface area contributed by atoms with Crippen LogP contribution in [0.15, 0.2) is 41.2 Å². The zero-order valence-corrected chi connectivity index (χ0v) is 13.2. The van der Waals surface area contributed by atoms with Gasteiger partial charge in [-0.3, -0.25) is 9.36 Å². The number of nitrogens with zero attached hydrogens (tertiary/aromatic N) is 4. The third kappa shape index (κ3) is 2.20. The topological polar surface area (TPSA) is 78.5 Å². The van der Waals surface area contributed by atoms with Gasteiger partial charge in [-0.1, -0.05) is 30.3 Å². The van der Waals surface area contributed by atoms with Crippen molar-refractivity contribution >= 4 is 11.7 Å². The fraction of sp³-hybridized carbons (Fsp3) is 0.294. The largest absolute Gasteiger partial charge is 0.464 e. The maximum Gasteiger partial charge on any atom is 0.329 e. The molecule has 24 heavy (non-hydrogen) atoms.